The Labute approximate surface area is 122 Å². The molecule has 0 atom stereocenters. The van der Waals surface area contributed by atoms with Crippen LogP contribution >= 0.6 is 22.9 Å². The van der Waals surface area contributed by atoms with Gasteiger partial charge in [0.2, 0.25) is 0 Å². The molecular formula is C11H8ClN3O4S. The molecule has 0 aliphatic rings. The van der Waals surface area contributed by atoms with Crippen LogP contribution in [0.15, 0.2) is 18.2 Å². The molecule has 0 amide bonds. The van der Waals surface area contributed by atoms with Crippen molar-refractivity contribution in [1.82, 2.24) is 4.98 Å². The summed E-state index contributed by atoms with van der Waals surface area (Å²) >= 11 is 6.92. The van der Waals surface area contributed by atoms with E-state index in [1.165, 1.54) is 25.3 Å². The SMILES string of the molecule is COC(=O)c1nc(-c2c(Cl)cccc2[N+](=O)[O-])sc1N. The zero-order chi connectivity index (χ0) is 14.9. The Kier molecular flexibility index (Phi) is 3.86. The van der Waals surface area contributed by atoms with Crippen LogP contribution in [0, 0.1) is 10.1 Å². The van der Waals surface area contributed by atoms with Gasteiger partial charge in [0.1, 0.15) is 15.6 Å². The number of nitrogen functional groups attached to an aromatic ring is 1. The minimum Gasteiger partial charge on any atom is -0.464 e. The Bertz CT molecular complexity index is 701. The average Bonchev–Trinajstić information content (AvgIpc) is 2.79. The number of benzene rings is 1. The fourth-order valence-electron chi connectivity index (χ4n) is 1.56. The maximum absolute atomic E-state index is 11.5. The van der Waals surface area contributed by atoms with Crippen molar-refractivity contribution in [3.8, 4) is 10.6 Å². The van der Waals surface area contributed by atoms with Crippen molar-refractivity contribution in [2.45, 2.75) is 0 Å². The number of hydrogen-bond donors (Lipinski definition) is 1. The zero-order valence-electron chi connectivity index (χ0n) is 10.1. The highest BCUT2D eigenvalue weighted by atomic mass is 35.5. The quantitative estimate of drug-likeness (QED) is 0.530. The van der Waals surface area contributed by atoms with Gasteiger partial charge in [0.05, 0.1) is 17.1 Å². The van der Waals surface area contributed by atoms with Crippen LogP contribution in [0.3, 0.4) is 0 Å². The first-order valence-corrected chi connectivity index (χ1v) is 6.43. The summed E-state index contributed by atoms with van der Waals surface area (Å²) in [6.45, 7) is 0. The molecule has 0 bridgehead atoms. The number of hydrogen-bond acceptors (Lipinski definition) is 7. The van der Waals surface area contributed by atoms with Gasteiger partial charge in [0, 0.05) is 6.07 Å². The fraction of sp³-hybridized carbons (Fsp3) is 0.0909. The first kappa shape index (κ1) is 14.2. The van der Waals surface area contributed by atoms with Gasteiger partial charge in [0.25, 0.3) is 5.69 Å². The largest absolute Gasteiger partial charge is 0.464 e. The minimum absolute atomic E-state index is 0.0817. The zero-order valence-corrected chi connectivity index (χ0v) is 11.7. The Balaban J connectivity index is 2.64. The molecule has 1 aromatic heterocycles. The lowest BCUT2D eigenvalue weighted by Gasteiger charge is -2.01. The highest BCUT2D eigenvalue weighted by Crippen LogP contribution is 2.40. The van der Waals surface area contributed by atoms with Gasteiger partial charge in [-0.3, -0.25) is 10.1 Å². The van der Waals surface area contributed by atoms with E-state index < -0.39 is 10.9 Å². The number of nitro groups is 1. The molecule has 7 nitrogen and oxygen atoms in total. The summed E-state index contributed by atoms with van der Waals surface area (Å²) in [5.41, 5.74) is 5.52. The smallest absolute Gasteiger partial charge is 0.359 e. The summed E-state index contributed by atoms with van der Waals surface area (Å²) in [6, 6.07) is 4.26. The molecule has 0 saturated heterocycles. The third-order valence-corrected chi connectivity index (χ3v) is 3.65. The summed E-state index contributed by atoms with van der Waals surface area (Å²) in [7, 11) is 1.19. The second-order valence-electron chi connectivity index (χ2n) is 3.61. The maximum Gasteiger partial charge on any atom is 0.359 e. The van der Waals surface area contributed by atoms with Gasteiger partial charge in [-0.05, 0) is 6.07 Å². The van der Waals surface area contributed by atoms with E-state index in [9.17, 15) is 14.9 Å². The second kappa shape index (κ2) is 5.43. The van der Waals surface area contributed by atoms with Crippen LogP contribution in [0.5, 0.6) is 0 Å². The van der Waals surface area contributed by atoms with Crippen molar-refractivity contribution in [2.75, 3.05) is 12.8 Å². The molecule has 1 aromatic carbocycles. The number of rotatable bonds is 3. The highest BCUT2D eigenvalue weighted by Gasteiger charge is 2.24. The molecule has 0 fully saturated rings. The number of thiazole rings is 1. The van der Waals surface area contributed by atoms with Crippen LogP contribution in [0.4, 0.5) is 10.7 Å². The van der Waals surface area contributed by atoms with Gasteiger partial charge in [-0.2, -0.15) is 0 Å². The minimum atomic E-state index is -0.709. The first-order chi connectivity index (χ1) is 9.45. The van der Waals surface area contributed by atoms with Crippen molar-refractivity contribution in [1.29, 1.82) is 0 Å². The van der Waals surface area contributed by atoms with Crippen LogP contribution in [-0.2, 0) is 4.74 Å². The second-order valence-corrected chi connectivity index (χ2v) is 5.05. The van der Waals surface area contributed by atoms with Crippen molar-refractivity contribution in [3.05, 3.63) is 39.0 Å². The Hall–Kier alpha value is -2.19. The number of nitrogens with zero attached hydrogens (tertiary/aromatic N) is 2. The predicted molar refractivity (Wildman–Crippen MR) is 75.0 cm³/mol. The van der Waals surface area contributed by atoms with E-state index in [-0.39, 0.29) is 32.0 Å². The van der Waals surface area contributed by atoms with Gasteiger partial charge in [-0.1, -0.05) is 29.0 Å². The molecule has 104 valence electrons. The van der Waals surface area contributed by atoms with Crippen LogP contribution < -0.4 is 5.73 Å². The van der Waals surface area contributed by atoms with Crippen LogP contribution in [0.25, 0.3) is 10.6 Å². The molecule has 20 heavy (non-hydrogen) atoms. The molecule has 0 radical (unpaired) electrons. The van der Waals surface area contributed by atoms with E-state index in [1.54, 1.807) is 0 Å². The average molecular weight is 314 g/mol. The number of carbonyl (C=O) groups is 1. The summed E-state index contributed by atoms with van der Waals surface area (Å²) in [5.74, 6) is -0.709. The lowest BCUT2D eigenvalue weighted by atomic mass is 10.2. The van der Waals surface area contributed by atoms with E-state index in [1.807, 2.05) is 0 Å². The van der Waals surface area contributed by atoms with Gasteiger partial charge in [-0.15, -0.1) is 0 Å². The Morgan fingerprint density at radius 2 is 2.25 bits per heavy atom. The summed E-state index contributed by atoms with van der Waals surface area (Å²) < 4.78 is 4.53. The molecule has 0 aliphatic heterocycles. The Morgan fingerprint density at radius 1 is 1.55 bits per heavy atom. The van der Waals surface area contributed by atoms with Crippen molar-refractivity contribution in [3.63, 3.8) is 0 Å². The molecule has 0 saturated carbocycles. The number of halogens is 1. The van der Waals surface area contributed by atoms with Crippen molar-refractivity contribution >= 4 is 39.6 Å². The highest BCUT2D eigenvalue weighted by molar-refractivity contribution is 7.19. The number of anilines is 1. The fourth-order valence-corrected chi connectivity index (χ4v) is 2.76. The molecule has 9 heteroatoms. The number of esters is 1. The van der Waals surface area contributed by atoms with E-state index in [0.717, 1.165) is 11.3 Å². The number of carbonyl (C=O) groups excluding carboxylic acids is 1. The first-order valence-electron chi connectivity index (χ1n) is 5.23. The number of nitro benzene ring substituents is 1. The van der Waals surface area contributed by atoms with Crippen molar-refractivity contribution in [2.24, 2.45) is 0 Å². The molecule has 2 rings (SSSR count). The summed E-state index contributed by atoms with van der Waals surface area (Å²) in [6.07, 6.45) is 0. The van der Waals surface area contributed by atoms with Gasteiger partial charge in [0.15, 0.2) is 5.69 Å². The van der Waals surface area contributed by atoms with Crippen LogP contribution in [0.1, 0.15) is 10.5 Å². The van der Waals surface area contributed by atoms with E-state index in [4.69, 9.17) is 17.3 Å². The normalized spacial score (nSPS) is 10.3. The van der Waals surface area contributed by atoms with Gasteiger partial charge in [-0.25, -0.2) is 9.78 Å². The summed E-state index contributed by atoms with van der Waals surface area (Å²) in [4.78, 5) is 25.9. The van der Waals surface area contributed by atoms with E-state index >= 15 is 0 Å². The summed E-state index contributed by atoms with van der Waals surface area (Å²) in [5, 5.41) is 11.5. The lowest BCUT2D eigenvalue weighted by molar-refractivity contribution is -0.384. The predicted octanol–water partition coefficient (Wildman–Crippen LogP) is 2.74. The molecule has 2 N–H and O–H groups in total. The number of aromatic nitrogens is 1. The van der Waals surface area contributed by atoms with Crippen LogP contribution in [0.2, 0.25) is 5.02 Å². The monoisotopic (exact) mass is 313 g/mol. The lowest BCUT2D eigenvalue weighted by Crippen LogP contribution is -2.04. The molecular weight excluding hydrogens is 306 g/mol. The van der Waals surface area contributed by atoms with Gasteiger partial charge >= 0.3 is 5.97 Å². The standard InChI is InChI=1S/C11H8ClN3O4S/c1-19-11(16)8-9(13)20-10(14-8)7-5(12)3-2-4-6(7)15(17)18/h2-4H,13H2,1H3. The number of ether oxygens (including phenoxy) is 1. The maximum atomic E-state index is 11.5. The molecule has 0 unspecified atom stereocenters. The Morgan fingerprint density at radius 3 is 2.85 bits per heavy atom. The molecule has 1 heterocycles. The van der Waals surface area contributed by atoms with E-state index in [2.05, 4.69) is 9.72 Å². The third-order valence-electron chi connectivity index (χ3n) is 2.43. The van der Waals surface area contributed by atoms with Crippen molar-refractivity contribution < 1.29 is 14.5 Å². The van der Waals surface area contributed by atoms with Gasteiger partial charge < -0.3 is 10.5 Å². The molecule has 2 aromatic rings. The molecule has 0 aliphatic carbocycles. The van der Waals surface area contributed by atoms with E-state index in [0.29, 0.717) is 0 Å². The van der Waals surface area contributed by atoms with Crippen LogP contribution in [-0.4, -0.2) is 23.0 Å². The third kappa shape index (κ3) is 2.43. The topological polar surface area (TPSA) is 108 Å². The number of nitrogens with two attached hydrogens (primary N) is 1. The molecule has 0 spiro atoms. The number of methoxy groups -OCH3 is 1.